The van der Waals surface area contributed by atoms with Crippen molar-refractivity contribution in [2.45, 2.75) is 13.8 Å². The van der Waals surface area contributed by atoms with Crippen molar-refractivity contribution in [2.24, 2.45) is 23.7 Å². The summed E-state index contributed by atoms with van der Waals surface area (Å²) in [5, 5.41) is 0. The van der Waals surface area contributed by atoms with Crippen molar-refractivity contribution in [3.05, 3.63) is 12.2 Å². The van der Waals surface area contributed by atoms with Gasteiger partial charge in [-0.25, -0.2) is 0 Å². The summed E-state index contributed by atoms with van der Waals surface area (Å²) in [5.41, 5.74) is 0. The van der Waals surface area contributed by atoms with Crippen LogP contribution in [0.3, 0.4) is 0 Å². The quantitative estimate of drug-likeness (QED) is 0.545. The lowest BCUT2D eigenvalue weighted by atomic mass is 9.83. The molecular formula is C13H16O5. The molecule has 2 bridgehead atoms. The van der Waals surface area contributed by atoms with Crippen molar-refractivity contribution in [3.8, 4) is 0 Å². The summed E-state index contributed by atoms with van der Waals surface area (Å²) in [6.45, 7) is 3.87. The molecule has 2 rings (SSSR count). The van der Waals surface area contributed by atoms with Crippen LogP contribution < -0.4 is 0 Å². The van der Waals surface area contributed by atoms with E-state index in [4.69, 9.17) is 9.47 Å². The van der Waals surface area contributed by atoms with E-state index in [-0.39, 0.29) is 19.0 Å². The second-order valence-corrected chi connectivity index (χ2v) is 4.39. The third kappa shape index (κ3) is 1.83. The number of allylic oxidation sites excluding steroid dienone is 2. The molecule has 0 aromatic rings. The van der Waals surface area contributed by atoms with Gasteiger partial charge in [-0.3, -0.25) is 14.4 Å². The molecule has 0 saturated heterocycles. The molecule has 98 valence electrons. The second-order valence-electron chi connectivity index (χ2n) is 4.39. The standard InChI is InChI=1S/C13H16O5/c1-3-17-12(15)9-7-5-6-8(11(7)14)10(9)13(16)18-4-2/h5-10H,3-4H2,1-2H3. The van der Waals surface area contributed by atoms with Crippen LogP contribution in [0.15, 0.2) is 12.2 Å². The van der Waals surface area contributed by atoms with Crippen LogP contribution >= 0.6 is 0 Å². The van der Waals surface area contributed by atoms with E-state index < -0.39 is 35.6 Å². The van der Waals surface area contributed by atoms with Crippen LogP contribution in [0.5, 0.6) is 0 Å². The Kier molecular flexibility index (Phi) is 3.50. The summed E-state index contributed by atoms with van der Waals surface area (Å²) in [5.74, 6) is -3.53. The van der Waals surface area contributed by atoms with Crippen LogP contribution in [0.25, 0.3) is 0 Å². The minimum Gasteiger partial charge on any atom is -0.466 e. The van der Waals surface area contributed by atoms with E-state index in [1.54, 1.807) is 26.0 Å². The Morgan fingerprint density at radius 1 is 1.00 bits per heavy atom. The van der Waals surface area contributed by atoms with Crippen LogP contribution in [0, 0.1) is 23.7 Å². The van der Waals surface area contributed by atoms with Gasteiger partial charge >= 0.3 is 11.9 Å². The van der Waals surface area contributed by atoms with Gasteiger partial charge < -0.3 is 9.47 Å². The van der Waals surface area contributed by atoms with Gasteiger partial charge in [-0.1, -0.05) is 12.2 Å². The molecule has 0 N–H and O–H groups in total. The fourth-order valence-electron chi connectivity index (χ4n) is 2.75. The maximum atomic E-state index is 11.9. The third-order valence-corrected chi connectivity index (χ3v) is 3.46. The number of ketones is 1. The normalized spacial score (nSPS) is 32.7. The first kappa shape index (κ1) is 12.8. The Hall–Kier alpha value is -1.65. The Labute approximate surface area is 105 Å². The fourth-order valence-corrected chi connectivity index (χ4v) is 2.75. The third-order valence-electron chi connectivity index (χ3n) is 3.46. The Morgan fingerprint density at radius 3 is 1.72 bits per heavy atom. The number of ether oxygens (including phenoxy) is 2. The van der Waals surface area contributed by atoms with Crippen LogP contribution in [0.4, 0.5) is 0 Å². The van der Waals surface area contributed by atoms with E-state index >= 15 is 0 Å². The molecule has 0 heterocycles. The molecule has 0 spiro atoms. The van der Waals surface area contributed by atoms with E-state index in [0.29, 0.717) is 0 Å². The van der Waals surface area contributed by atoms with Gasteiger partial charge in [-0.15, -0.1) is 0 Å². The van der Waals surface area contributed by atoms with E-state index in [1.165, 1.54) is 0 Å². The van der Waals surface area contributed by atoms with Gasteiger partial charge in [0, 0.05) is 0 Å². The molecule has 1 saturated carbocycles. The number of fused-ring (bicyclic) bond motifs is 2. The summed E-state index contributed by atoms with van der Waals surface area (Å²) in [4.78, 5) is 35.7. The van der Waals surface area contributed by atoms with Crippen molar-refractivity contribution >= 4 is 17.7 Å². The zero-order valence-electron chi connectivity index (χ0n) is 10.4. The molecule has 5 heteroatoms. The average Bonchev–Trinajstić information content (AvgIpc) is 2.83. The fraction of sp³-hybridized carbons (Fsp3) is 0.615. The molecule has 0 radical (unpaired) electrons. The van der Waals surface area contributed by atoms with E-state index in [2.05, 4.69) is 0 Å². The molecule has 4 atom stereocenters. The highest BCUT2D eigenvalue weighted by molar-refractivity contribution is 6.02. The molecule has 18 heavy (non-hydrogen) atoms. The van der Waals surface area contributed by atoms with Gasteiger partial charge in [-0.05, 0) is 13.8 Å². The van der Waals surface area contributed by atoms with Crippen LogP contribution in [-0.2, 0) is 23.9 Å². The van der Waals surface area contributed by atoms with Gasteiger partial charge in [0.25, 0.3) is 0 Å². The first-order valence-corrected chi connectivity index (χ1v) is 6.17. The SMILES string of the molecule is CCOC(=O)C1C2C=CC(C2=O)C1C(=O)OCC. The van der Waals surface area contributed by atoms with E-state index in [1.807, 2.05) is 0 Å². The van der Waals surface area contributed by atoms with Crippen molar-refractivity contribution in [1.29, 1.82) is 0 Å². The molecule has 1 fully saturated rings. The van der Waals surface area contributed by atoms with E-state index in [9.17, 15) is 14.4 Å². The van der Waals surface area contributed by atoms with Crippen LogP contribution in [0.2, 0.25) is 0 Å². The van der Waals surface area contributed by atoms with Crippen molar-refractivity contribution < 1.29 is 23.9 Å². The number of carbonyl (C=O) groups excluding carboxylic acids is 3. The molecule has 2 aliphatic rings. The highest BCUT2D eigenvalue weighted by Crippen LogP contribution is 2.46. The number of esters is 2. The van der Waals surface area contributed by atoms with Gasteiger partial charge in [0.1, 0.15) is 5.78 Å². The molecule has 0 aromatic heterocycles. The summed E-state index contributed by atoms with van der Waals surface area (Å²) < 4.78 is 9.90. The summed E-state index contributed by atoms with van der Waals surface area (Å²) in [6.07, 6.45) is 3.40. The highest BCUT2D eigenvalue weighted by Gasteiger charge is 2.58. The molecular weight excluding hydrogens is 236 g/mol. The number of carbonyl (C=O) groups is 3. The topological polar surface area (TPSA) is 69.7 Å². The number of rotatable bonds is 4. The predicted octanol–water partition coefficient (Wildman–Crippen LogP) is 0.730. The zero-order valence-corrected chi connectivity index (χ0v) is 10.4. The molecule has 2 aliphatic carbocycles. The second kappa shape index (κ2) is 4.92. The van der Waals surface area contributed by atoms with Crippen LogP contribution in [0.1, 0.15) is 13.8 Å². The predicted molar refractivity (Wildman–Crippen MR) is 61.4 cm³/mol. The van der Waals surface area contributed by atoms with Gasteiger partial charge in [0.2, 0.25) is 0 Å². The molecule has 0 amide bonds. The number of hydrogen-bond acceptors (Lipinski definition) is 5. The van der Waals surface area contributed by atoms with E-state index in [0.717, 1.165) is 0 Å². The Bertz CT molecular complexity index is 376. The first-order chi connectivity index (χ1) is 8.61. The maximum absolute atomic E-state index is 11.9. The first-order valence-electron chi connectivity index (χ1n) is 6.17. The summed E-state index contributed by atoms with van der Waals surface area (Å²) in [6, 6.07) is 0. The highest BCUT2D eigenvalue weighted by atomic mass is 16.5. The summed E-state index contributed by atoms with van der Waals surface area (Å²) >= 11 is 0. The molecule has 0 aliphatic heterocycles. The number of hydrogen-bond donors (Lipinski definition) is 0. The largest absolute Gasteiger partial charge is 0.466 e. The van der Waals surface area contributed by atoms with Crippen LogP contribution in [-0.4, -0.2) is 30.9 Å². The van der Waals surface area contributed by atoms with Crippen molar-refractivity contribution in [3.63, 3.8) is 0 Å². The van der Waals surface area contributed by atoms with Gasteiger partial charge in [-0.2, -0.15) is 0 Å². The van der Waals surface area contributed by atoms with Crippen molar-refractivity contribution in [2.75, 3.05) is 13.2 Å². The van der Waals surface area contributed by atoms with Gasteiger partial charge in [0.05, 0.1) is 36.9 Å². The minimum absolute atomic E-state index is 0.0777. The van der Waals surface area contributed by atoms with Gasteiger partial charge in [0.15, 0.2) is 0 Å². The lowest BCUT2D eigenvalue weighted by Crippen LogP contribution is -2.35. The molecule has 5 nitrogen and oxygen atoms in total. The lowest BCUT2D eigenvalue weighted by Gasteiger charge is -2.23. The maximum Gasteiger partial charge on any atom is 0.310 e. The van der Waals surface area contributed by atoms with Crippen molar-refractivity contribution in [1.82, 2.24) is 0 Å². The summed E-state index contributed by atoms with van der Waals surface area (Å²) in [7, 11) is 0. The molecule has 4 unspecified atom stereocenters. The zero-order chi connectivity index (χ0) is 13.3. The average molecular weight is 252 g/mol. The monoisotopic (exact) mass is 252 g/mol. The lowest BCUT2D eigenvalue weighted by molar-refractivity contribution is -0.160. The Morgan fingerprint density at radius 2 is 1.39 bits per heavy atom. The smallest absolute Gasteiger partial charge is 0.310 e. The minimum atomic E-state index is -0.716. The molecule has 0 aromatic carbocycles. The Balaban J connectivity index is 2.25. The number of Topliss-reactive ketones (excluding diaryl/α,β-unsaturated/α-hetero) is 1.